The second kappa shape index (κ2) is 10.2. The van der Waals surface area contributed by atoms with Crippen LogP contribution in [0.3, 0.4) is 0 Å². The Hall–Kier alpha value is -3.52. The van der Waals surface area contributed by atoms with Crippen molar-refractivity contribution in [3.63, 3.8) is 0 Å². The maximum Gasteiger partial charge on any atom is 0.265 e. The SMILES string of the molecule is CC[C@@H](Oc1ccccc1C)C(=O)Nc1ccc(S(=O)(=O)Nc2ccc(OC)cc2)cc1. The molecule has 8 heteroatoms. The topological polar surface area (TPSA) is 93.7 Å². The molecule has 1 atom stereocenters. The van der Waals surface area contributed by atoms with Gasteiger partial charge < -0.3 is 14.8 Å². The zero-order chi connectivity index (χ0) is 23.1. The summed E-state index contributed by atoms with van der Waals surface area (Å²) in [4.78, 5) is 12.7. The van der Waals surface area contributed by atoms with Gasteiger partial charge in [0.1, 0.15) is 11.5 Å². The molecular weight excluding hydrogens is 428 g/mol. The minimum atomic E-state index is -3.77. The van der Waals surface area contributed by atoms with Crippen LogP contribution in [0.1, 0.15) is 18.9 Å². The van der Waals surface area contributed by atoms with Crippen molar-refractivity contribution in [1.82, 2.24) is 0 Å². The molecule has 1 amide bonds. The van der Waals surface area contributed by atoms with E-state index in [0.29, 0.717) is 29.3 Å². The highest BCUT2D eigenvalue weighted by atomic mass is 32.2. The third-order valence-corrected chi connectivity index (χ3v) is 6.20. The maximum atomic E-state index is 12.7. The van der Waals surface area contributed by atoms with E-state index >= 15 is 0 Å². The zero-order valence-corrected chi connectivity index (χ0v) is 19.0. The average molecular weight is 455 g/mol. The Bertz CT molecular complexity index is 1160. The molecule has 0 heterocycles. The van der Waals surface area contributed by atoms with Gasteiger partial charge in [-0.25, -0.2) is 8.42 Å². The molecule has 0 unspecified atom stereocenters. The van der Waals surface area contributed by atoms with Gasteiger partial charge in [0.25, 0.3) is 15.9 Å². The highest BCUT2D eigenvalue weighted by Crippen LogP contribution is 2.22. The molecule has 168 valence electrons. The first-order chi connectivity index (χ1) is 15.3. The van der Waals surface area contributed by atoms with Crippen LogP contribution in [0.2, 0.25) is 0 Å². The lowest BCUT2D eigenvalue weighted by atomic mass is 10.2. The number of nitrogens with one attached hydrogen (secondary N) is 2. The maximum absolute atomic E-state index is 12.7. The fourth-order valence-electron chi connectivity index (χ4n) is 2.98. The fraction of sp³-hybridized carbons (Fsp3) is 0.208. The van der Waals surface area contributed by atoms with E-state index in [1.54, 1.807) is 36.4 Å². The van der Waals surface area contributed by atoms with Crippen LogP contribution in [0.5, 0.6) is 11.5 Å². The van der Waals surface area contributed by atoms with Gasteiger partial charge in [-0.2, -0.15) is 0 Å². The quantitative estimate of drug-likeness (QED) is 0.493. The van der Waals surface area contributed by atoms with Crippen molar-refractivity contribution < 1.29 is 22.7 Å². The Morgan fingerprint density at radius 3 is 2.16 bits per heavy atom. The molecular formula is C24H26N2O5S. The Kier molecular flexibility index (Phi) is 7.37. The van der Waals surface area contributed by atoms with Crippen molar-refractivity contribution in [2.24, 2.45) is 0 Å². The summed E-state index contributed by atoms with van der Waals surface area (Å²) in [7, 11) is -2.23. The highest BCUT2D eigenvalue weighted by Gasteiger charge is 2.20. The number of hydrogen-bond donors (Lipinski definition) is 2. The molecule has 2 N–H and O–H groups in total. The van der Waals surface area contributed by atoms with Gasteiger partial charge in [0.15, 0.2) is 6.10 Å². The molecule has 0 saturated carbocycles. The van der Waals surface area contributed by atoms with E-state index in [4.69, 9.17) is 9.47 Å². The van der Waals surface area contributed by atoms with E-state index in [9.17, 15) is 13.2 Å². The lowest BCUT2D eigenvalue weighted by Gasteiger charge is -2.18. The number of anilines is 2. The molecule has 0 spiro atoms. The summed E-state index contributed by atoms with van der Waals surface area (Å²) >= 11 is 0. The average Bonchev–Trinajstić information content (AvgIpc) is 2.79. The van der Waals surface area contributed by atoms with Crippen molar-refractivity contribution in [3.8, 4) is 11.5 Å². The Balaban J connectivity index is 1.66. The lowest BCUT2D eigenvalue weighted by molar-refractivity contribution is -0.122. The number of hydrogen-bond acceptors (Lipinski definition) is 5. The largest absolute Gasteiger partial charge is 0.497 e. The Morgan fingerprint density at radius 1 is 0.938 bits per heavy atom. The van der Waals surface area contributed by atoms with Crippen LogP contribution in [0.4, 0.5) is 11.4 Å². The van der Waals surface area contributed by atoms with Crippen molar-refractivity contribution in [1.29, 1.82) is 0 Å². The predicted octanol–water partition coefficient (Wildman–Crippen LogP) is 4.60. The lowest BCUT2D eigenvalue weighted by Crippen LogP contribution is -2.32. The van der Waals surface area contributed by atoms with Crippen LogP contribution in [0, 0.1) is 6.92 Å². The third kappa shape index (κ3) is 5.79. The number of rotatable bonds is 9. The monoisotopic (exact) mass is 454 g/mol. The molecule has 3 aromatic carbocycles. The molecule has 0 radical (unpaired) electrons. The van der Waals surface area contributed by atoms with Gasteiger partial charge in [0.2, 0.25) is 0 Å². The van der Waals surface area contributed by atoms with E-state index in [1.165, 1.54) is 19.2 Å². The second-order valence-electron chi connectivity index (χ2n) is 7.13. The van der Waals surface area contributed by atoms with Crippen LogP contribution < -0.4 is 19.5 Å². The van der Waals surface area contributed by atoms with Crippen molar-refractivity contribution >= 4 is 27.3 Å². The number of methoxy groups -OCH3 is 1. The molecule has 3 aromatic rings. The van der Waals surface area contributed by atoms with Crippen molar-refractivity contribution in [2.45, 2.75) is 31.3 Å². The van der Waals surface area contributed by atoms with E-state index in [1.807, 2.05) is 38.1 Å². The smallest absolute Gasteiger partial charge is 0.265 e. The highest BCUT2D eigenvalue weighted by molar-refractivity contribution is 7.92. The first kappa shape index (κ1) is 23.1. The van der Waals surface area contributed by atoms with Crippen LogP contribution >= 0.6 is 0 Å². The number of carbonyl (C=O) groups is 1. The summed E-state index contributed by atoms with van der Waals surface area (Å²) < 4.78 is 38.7. The van der Waals surface area contributed by atoms with Crippen LogP contribution in [0.25, 0.3) is 0 Å². The minimum absolute atomic E-state index is 0.0783. The molecule has 7 nitrogen and oxygen atoms in total. The number of amides is 1. The van der Waals surface area contributed by atoms with Crippen LogP contribution in [-0.4, -0.2) is 27.5 Å². The van der Waals surface area contributed by atoms with Crippen LogP contribution in [0.15, 0.2) is 77.7 Å². The predicted molar refractivity (Wildman–Crippen MR) is 125 cm³/mol. The van der Waals surface area contributed by atoms with Gasteiger partial charge >= 0.3 is 0 Å². The van der Waals surface area contributed by atoms with Gasteiger partial charge in [-0.1, -0.05) is 25.1 Å². The van der Waals surface area contributed by atoms with Crippen molar-refractivity contribution in [3.05, 3.63) is 78.4 Å². The summed E-state index contributed by atoms with van der Waals surface area (Å²) in [6, 6.07) is 20.0. The van der Waals surface area contributed by atoms with Crippen molar-refractivity contribution in [2.75, 3.05) is 17.1 Å². The summed E-state index contributed by atoms with van der Waals surface area (Å²) in [5.74, 6) is 0.980. The first-order valence-electron chi connectivity index (χ1n) is 10.1. The standard InChI is InChI=1S/C24H26N2O5S/c1-4-22(31-23-8-6-5-7-17(23)2)24(27)25-18-11-15-21(16-12-18)32(28,29)26-19-9-13-20(30-3)14-10-19/h5-16,22,26H,4H2,1-3H3,(H,25,27)/t22-/m1/s1. The molecule has 0 fully saturated rings. The summed E-state index contributed by atoms with van der Waals surface area (Å²) in [6.45, 7) is 3.78. The summed E-state index contributed by atoms with van der Waals surface area (Å²) in [5, 5.41) is 2.78. The van der Waals surface area contributed by atoms with Gasteiger partial charge in [-0.15, -0.1) is 0 Å². The summed E-state index contributed by atoms with van der Waals surface area (Å²) in [5.41, 5.74) is 1.84. The molecule has 0 aromatic heterocycles. The fourth-order valence-corrected chi connectivity index (χ4v) is 4.04. The van der Waals surface area contributed by atoms with Gasteiger partial charge in [0, 0.05) is 11.4 Å². The molecule has 32 heavy (non-hydrogen) atoms. The number of sulfonamides is 1. The Labute approximate surface area is 188 Å². The number of aryl methyl sites for hydroxylation is 1. The number of ether oxygens (including phenoxy) is 2. The van der Waals surface area contributed by atoms with Gasteiger partial charge in [-0.05, 0) is 73.5 Å². The van der Waals surface area contributed by atoms with E-state index in [-0.39, 0.29) is 10.8 Å². The molecule has 0 saturated heterocycles. The molecule has 0 bridgehead atoms. The number of benzene rings is 3. The Morgan fingerprint density at radius 2 is 1.56 bits per heavy atom. The van der Waals surface area contributed by atoms with E-state index in [2.05, 4.69) is 10.0 Å². The molecule has 0 aliphatic rings. The third-order valence-electron chi connectivity index (χ3n) is 4.80. The first-order valence-corrected chi connectivity index (χ1v) is 11.6. The second-order valence-corrected chi connectivity index (χ2v) is 8.81. The molecule has 0 aliphatic heterocycles. The zero-order valence-electron chi connectivity index (χ0n) is 18.2. The molecule has 3 rings (SSSR count). The number of carbonyl (C=O) groups excluding carboxylic acids is 1. The van der Waals surface area contributed by atoms with Gasteiger partial charge in [-0.3, -0.25) is 9.52 Å². The van der Waals surface area contributed by atoms with E-state index < -0.39 is 16.1 Å². The van der Waals surface area contributed by atoms with E-state index in [0.717, 1.165) is 5.56 Å². The minimum Gasteiger partial charge on any atom is -0.497 e. The number of para-hydroxylation sites is 1. The normalized spacial score (nSPS) is 12.0. The van der Waals surface area contributed by atoms with Gasteiger partial charge in [0.05, 0.1) is 12.0 Å². The van der Waals surface area contributed by atoms with Crippen LogP contribution in [-0.2, 0) is 14.8 Å². The summed E-state index contributed by atoms with van der Waals surface area (Å²) in [6.07, 6.45) is -0.186. The molecule has 0 aliphatic carbocycles.